The number of benzene rings is 3. The number of ether oxygens (including phenoxy) is 4. The first-order valence-electron chi connectivity index (χ1n) is 19.2. The van der Waals surface area contributed by atoms with E-state index in [1.165, 1.54) is 7.11 Å². The summed E-state index contributed by atoms with van der Waals surface area (Å²) in [6, 6.07) is 13.5. The smallest absolute Gasteiger partial charge is 0.410 e. The van der Waals surface area contributed by atoms with Crippen LogP contribution in [0.5, 0.6) is 11.5 Å². The molecule has 0 saturated carbocycles. The first kappa shape index (κ1) is 38.8. The predicted molar refractivity (Wildman–Crippen MR) is 208 cm³/mol. The molecule has 282 valence electrons. The number of nitrogens with zero attached hydrogens (tertiary/aromatic N) is 3. The standard InChI is InChI=1S/C42H57N3O7/c1-9-13-21-44(22-14-10-2)40(47)50-38-35-33(52-42(5,6)39(38)51-41(48)45(23-15-11-3)24-16-12-4)27-32(49-8)34-36(35)43(7)31-26-29-20-18-17-19-28(29)25-30(31)37(34)46/h17-20,25-27,38-39H,9-16,21-24H2,1-8H3/t38-,39-/m0/s1. The van der Waals surface area contributed by atoms with Crippen molar-refractivity contribution >= 4 is 44.8 Å². The van der Waals surface area contributed by atoms with Gasteiger partial charge in [-0.25, -0.2) is 9.59 Å². The summed E-state index contributed by atoms with van der Waals surface area (Å²) in [5.41, 5.74) is 0.328. The molecule has 5 rings (SSSR count). The number of carbonyl (C=O) groups excluding carboxylic acids is 2. The van der Waals surface area contributed by atoms with Crippen LogP contribution in [0, 0.1) is 0 Å². The van der Waals surface area contributed by atoms with Crippen LogP contribution in [-0.4, -0.2) is 71.5 Å². The largest absolute Gasteiger partial charge is 0.496 e. The molecule has 1 aromatic heterocycles. The molecule has 4 aromatic rings. The minimum Gasteiger partial charge on any atom is -0.496 e. The number of hydrogen-bond donors (Lipinski definition) is 0. The van der Waals surface area contributed by atoms with Gasteiger partial charge in [0.25, 0.3) is 0 Å². The first-order valence-corrected chi connectivity index (χ1v) is 19.2. The van der Waals surface area contributed by atoms with E-state index in [4.69, 9.17) is 18.9 Å². The van der Waals surface area contributed by atoms with Crippen LogP contribution in [0.1, 0.15) is 105 Å². The topological polar surface area (TPSA) is 99.5 Å². The zero-order chi connectivity index (χ0) is 37.6. The second-order valence-electron chi connectivity index (χ2n) is 14.5. The Hall–Kier alpha value is -4.47. The second-order valence-corrected chi connectivity index (χ2v) is 14.5. The van der Waals surface area contributed by atoms with Crippen molar-refractivity contribution in [2.45, 2.75) is 111 Å². The van der Waals surface area contributed by atoms with Gasteiger partial charge in [0.15, 0.2) is 12.2 Å². The van der Waals surface area contributed by atoms with Crippen molar-refractivity contribution in [1.82, 2.24) is 14.4 Å². The Morgan fingerprint density at radius 2 is 1.33 bits per heavy atom. The van der Waals surface area contributed by atoms with Crippen molar-refractivity contribution in [2.24, 2.45) is 7.05 Å². The lowest BCUT2D eigenvalue weighted by Gasteiger charge is -2.44. The van der Waals surface area contributed by atoms with E-state index in [2.05, 4.69) is 27.7 Å². The molecular formula is C42H57N3O7. The number of pyridine rings is 1. The molecule has 0 fully saturated rings. The summed E-state index contributed by atoms with van der Waals surface area (Å²) in [6.07, 6.45) is 3.90. The summed E-state index contributed by atoms with van der Waals surface area (Å²) in [4.78, 5) is 46.4. The van der Waals surface area contributed by atoms with Gasteiger partial charge in [-0.3, -0.25) is 4.79 Å². The molecule has 0 N–H and O–H groups in total. The minimum absolute atomic E-state index is 0.213. The molecule has 0 bridgehead atoms. The molecule has 3 aromatic carbocycles. The van der Waals surface area contributed by atoms with Gasteiger partial charge in [0.2, 0.25) is 5.43 Å². The molecule has 10 heteroatoms. The van der Waals surface area contributed by atoms with Crippen LogP contribution in [-0.2, 0) is 16.5 Å². The normalized spacial score (nSPS) is 16.4. The average molecular weight is 716 g/mol. The lowest BCUT2D eigenvalue weighted by molar-refractivity contribution is -0.125. The van der Waals surface area contributed by atoms with Crippen LogP contribution in [0.3, 0.4) is 0 Å². The number of unbranched alkanes of at least 4 members (excludes halogenated alkanes) is 4. The van der Waals surface area contributed by atoms with E-state index in [-0.39, 0.29) is 5.43 Å². The average Bonchev–Trinajstić information content (AvgIpc) is 3.13. The van der Waals surface area contributed by atoms with Crippen LogP contribution >= 0.6 is 0 Å². The van der Waals surface area contributed by atoms with Crippen LogP contribution in [0.25, 0.3) is 32.6 Å². The number of aromatic nitrogens is 1. The van der Waals surface area contributed by atoms with E-state index in [0.717, 1.165) is 62.1 Å². The molecule has 0 aliphatic carbocycles. The van der Waals surface area contributed by atoms with Crippen LogP contribution in [0.15, 0.2) is 47.3 Å². The molecule has 0 saturated heterocycles. The Bertz CT molecular complexity index is 1940. The van der Waals surface area contributed by atoms with Crippen molar-refractivity contribution < 1.29 is 28.5 Å². The lowest BCUT2D eigenvalue weighted by atomic mass is 9.86. The van der Waals surface area contributed by atoms with E-state index in [1.54, 1.807) is 15.9 Å². The molecule has 1 aliphatic rings. The number of rotatable bonds is 15. The Balaban J connectivity index is 1.76. The molecular weight excluding hydrogens is 658 g/mol. The van der Waals surface area contributed by atoms with Gasteiger partial charge in [0, 0.05) is 44.7 Å². The fourth-order valence-electron chi connectivity index (χ4n) is 7.20. The maximum absolute atomic E-state index is 14.6. The minimum atomic E-state index is -1.13. The van der Waals surface area contributed by atoms with Crippen molar-refractivity contribution in [3.8, 4) is 11.5 Å². The quantitative estimate of drug-likeness (QED) is 0.113. The molecule has 0 radical (unpaired) electrons. The van der Waals surface area contributed by atoms with Gasteiger partial charge in [-0.2, -0.15) is 0 Å². The predicted octanol–water partition coefficient (Wildman–Crippen LogP) is 9.51. The Labute approximate surface area is 307 Å². The van der Waals surface area contributed by atoms with Crippen LogP contribution in [0.2, 0.25) is 0 Å². The summed E-state index contributed by atoms with van der Waals surface area (Å²) in [7, 11) is 3.42. The highest BCUT2D eigenvalue weighted by Crippen LogP contribution is 2.49. The van der Waals surface area contributed by atoms with Gasteiger partial charge in [-0.1, -0.05) is 77.6 Å². The number of amides is 2. The monoisotopic (exact) mass is 715 g/mol. The fourth-order valence-corrected chi connectivity index (χ4v) is 7.20. The highest BCUT2D eigenvalue weighted by atomic mass is 16.6. The highest BCUT2D eigenvalue weighted by Gasteiger charge is 2.51. The Morgan fingerprint density at radius 1 is 0.808 bits per heavy atom. The molecule has 2 atom stereocenters. The molecule has 2 heterocycles. The van der Waals surface area contributed by atoms with E-state index < -0.39 is 30.0 Å². The molecule has 1 aliphatic heterocycles. The van der Waals surface area contributed by atoms with E-state index in [0.29, 0.717) is 65.0 Å². The van der Waals surface area contributed by atoms with Gasteiger partial charge in [-0.15, -0.1) is 0 Å². The number of methoxy groups -OCH3 is 1. The first-order chi connectivity index (χ1) is 25.0. The van der Waals surface area contributed by atoms with Crippen LogP contribution < -0.4 is 14.9 Å². The van der Waals surface area contributed by atoms with Gasteiger partial charge in [0.1, 0.15) is 17.1 Å². The Kier molecular flexibility index (Phi) is 12.6. The summed E-state index contributed by atoms with van der Waals surface area (Å²) in [5.74, 6) is 0.746. The summed E-state index contributed by atoms with van der Waals surface area (Å²) < 4.78 is 27.6. The van der Waals surface area contributed by atoms with Crippen molar-refractivity contribution in [1.29, 1.82) is 0 Å². The third-order valence-electron chi connectivity index (χ3n) is 10.2. The molecule has 10 nitrogen and oxygen atoms in total. The molecule has 52 heavy (non-hydrogen) atoms. The second kappa shape index (κ2) is 16.9. The SMILES string of the molecule is CCCCN(CCCC)C(=O)O[C@H]1c2c(cc(OC)c3c(=O)c4cc5ccccc5cc4n(C)c23)OC(C)(C)[C@H]1OC(=O)N(CCCC)CCCC. The number of hydrogen-bond acceptors (Lipinski definition) is 7. The van der Waals surface area contributed by atoms with Crippen molar-refractivity contribution in [3.05, 3.63) is 58.3 Å². The number of fused-ring (bicyclic) bond motifs is 5. The van der Waals surface area contributed by atoms with Crippen molar-refractivity contribution in [2.75, 3.05) is 33.3 Å². The molecule has 0 spiro atoms. The highest BCUT2D eigenvalue weighted by molar-refractivity contribution is 6.04. The number of aryl methyl sites for hydroxylation is 1. The third kappa shape index (κ3) is 7.81. The molecule has 2 amide bonds. The third-order valence-corrected chi connectivity index (χ3v) is 10.2. The van der Waals surface area contributed by atoms with Gasteiger partial charge >= 0.3 is 12.2 Å². The maximum atomic E-state index is 14.6. The summed E-state index contributed by atoms with van der Waals surface area (Å²) in [5, 5.41) is 2.80. The van der Waals surface area contributed by atoms with Crippen LogP contribution in [0.4, 0.5) is 9.59 Å². The maximum Gasteiger partial charge on any atom is 0.410 e. The summed E-state index contributed by atoms with van der Waals surface area (Å²) >= 11 is 0. The lowest BCUT2D eigenvalue weighted by Crippen LogP contribution is -2.54. The zero-order valence-corrected chi connectivity index (χ0v) is 32.4. The Morgan fingerprint density at radius 3 is 1.85 bits per heavy atom. The zero-order valence-electron chi connectivity index (χ0n) is 32.4. The number of carbonyl (C=O) groups is 2. The van der Waals surface area contributed by atoms with Crippen molar-refractivity contribution in [3.63, 3.8) is 0 Å². The summed E-state index contributed by atoms with van der Waals surface area (Å²) in [6.45, 7) is 14.2. The van der Waals surface area contributed by atoms with Gasteiger partial charge < -0.3 is 33.3 Å². The van der Waals surface area contributed by atoms with E-state index in [9.17, 15) is 14.4 Å². The van der Waals surface area contributed by atoms with Gasteiger partial charge in [0.05, 0.1) is 29.1 Å². The van der Waals surface area contributed by atoms with E-state index >= 15 is 0 Å². The van der Waals surface area contributed by atoms with Gasteiger partial charge in [-0.05, 0) is 62.4 Å². The fraction of sp³-hybridized carbons (Fsp3) is 0.548. The van der Waals surface area contributed by atoms with E-state index in [1.807, 2.05) is 61.9 Å². The molecule has 0 unspecified atom stereocenters.